The van der Waals surface area contributed by atoms with Crippen molar-refractivity contribution >= 4 is 41.0 Å². The Balaban J connectivity index is 1.29. The summed E-state index contributed by atoms with van der Waals surface area (Å²) in [7, 11) is 1.59. The van der Waals surface area contributed by atoms with Crippen LogP contribution in [0.4, 0.5) is 5.82 Å². The Morgan fingerprint density at radius 2 is 2.00 bits per heavy atom. The van der Waals surface area contributed by atoms with Crippen molar-refractivity contribution in [2.75, 3.05) is 76.8 Å². The number of nitrogens with one attached hydrogen (secondary N) is 1. The Morgan fingerprint density at radius 1 is 1.19 bits per heavy atom. The van der Waals surface area contributed by atoms with Crippen LogP contribution in [-0.2, 0) is 9.53 Å². The molecule has 1 aromatic heterocycles. The monoisotopic (exact) mass is 548 g/mol. The third-order valence-corrected chi connectivity index (χ3v) is 7.42. The Hall–Kier alpha value is -2.60. The first-order valence-electron chi connectivity index (χ1n) is 12.4. The summed E-state index contributed by atoms with van der Waals surface area (Å²) in [6.07, 6.45) is 0. The van der Waals surface area contributed by atoms with E-state index in [1.54, 1.807) is 25.3 Å². The van der Waals surface area contributed by atoms with Crippen LogP contribution in [0.5, 0.6) is 5.75 Å². The minimum absolute atomic E-state index is 0.0253. The van der Waals surface area contributed by atoms with E-state index in [9.17, 15) is 9.59 Å². The number of nitrogens with zero attached hydrogens (tertiary/aromatic N) is 5. The first-order chi connectivity index (χ1) is 17.9. The topological polar surface area (TPSA) is 100 Å². The standard InChI is InChI=1S/C25H33ClN6O4S/c1-18-16-31(8-9-32(18)24(34)19-4-3-5-20(14-19)35-2)22-15-21(26)28-25(29-22)37-17-23(33)27-6-7-30-10-12-36-13-11-30/h3-5,14-15,18H,6-13,16-17H2,1-2H3,(H,27,33). The zero-order valence-corrected chi connectivity index (χ0v) is 22.8. The first-order valence-corrected chi connectivity index (χ1v) is 13.7. The van der Waals surface area contributed by atoms with E-state index in [1.165, 1.54) is 11.8 Å². The number of carbonyl (C=O) groups is 2. The average Bonchev–Trinajstić information content (AvgIpc) is 2.92. The van der Waals surface area contributed by atoms with Crippen molar-refractivity contribution in [2.45, 2.75) is 18.1 Å². The number of anilines is 1. The van der Waals surface area contributed by atoms with Gasteiger partial charge in [0.25, 0.3) is 5.91 Å². The quantitative estimate of drug-likeness (QED) is 0.286. The molecule has 0 aliphatic carbocycles. The maximum atomic E-state index is 13.1. The number of benzene rings is 1. The van der Waals surface area contributed by atoms with Crippen molar-refractivity contribution in [1.29, 1.82) is 0 Å². The number of morpholine rings is 1. The molecular formula is C25H33ClN6O4S. The molecule has 12 heteroatoms. The molecule has 2 aliphatic heterocycles. The second kappa shape index (κ2) is 13.3. The van der Waals surface area contributed by atoms with Gasteiger partial charge in [0.1, 0.15) is 16.7 Å². The summed E-state index contributed by atoms with van der Waals surface area (Å²) in [5.41, 5.74) is 0.603. The molecule has 0 saturated carbocycles. The Morgan fingerprint density at radius 3 is 2.76 bits per heavy atom. The molecule has 2 amide bonds. The first kappa shape index (κ1) is 27.4. The Bertz CT molecular complexity index is 1090. The Kier molecular flexibility index (Phi) is 9.84. The van der Waals surface area contributed by atoms with Crippen LogP contribution in [0.3, 0.4) is 0 Å². The van der Waals surface area contributed by atoms with Crippen molar-refractivity contribution in [3.63, 3.8) is 0 Å². The van der Waals surface area contributed by atoms with Crippen LogP contribution in [0.25, 0.3) is 0 Å². The molecule has 2 fully saturated rings. The highest BCUT2D eigenvalue weighted by Gasteiger charge is 2.29. The van der Waals surface area contributed by atoms with Gasteiger partial charge in [-0.15, -0.1) is 0 Å². The molecule has 10 nitrogen and oxygen atoms in total. The lowest BCUT2D eigenvalue weighted by Gasteiger charge is -2.40. The second-order valence-electron chi connectivity index (χ2n) is 8.95. The molecular weight excluding hydrogens is 516 g/mol. The van der Waals surface area contributed by atoms with Gasteiger partial charge in [-0.25, -0.2) is 9.97 Å². The van der Waals surface area contributed by atoms with Gasteiger partial charge in [0, 0.05) is 63.5 Å². The fraction of sp³-hybridized carbons (Fsp3) is 0.520. The number of methoxy groups -OCH3 is 1. The molecule has 1 unspecified atom stereocenters. The SMILES string of the molecule is COc1cccc(C(=O)N2CCN(c3cc(Cl)nc(SCC(=O)NCCN4CCOCC4)n3)CC2C)c1. The van der Waals surface area contributed by atoms with E-state index in [2.05, 4.69) is 25.1 Å². The molecule has 0 bridgehead atoms. The smallest absolute Gasteiger partial charge is 0.254 e. The van der Waals surface area contributed by atoms with Crippen LogP contribution in [0.15, 0.2) is 35.5 Å². The molecule has 1 N–H and O–H groups in total. The van der Waals surface area contributed by atoms with E-state index in [4.69, 9.17) is 21.1 Å². The second-order valence-corrected chi connectivity index (χ2v) is 10.3. The molecule has 200 valence electrons. The highest BCUT2D eigenvalue weighted by Crippen LogP contribution is 2.25. The van der Waals surface area contributed by atoms with Gasteiger partial charge in [-0.2, -0.15) is 0 Å². The molecule has 0 radical (unpaired) electrons. The summed E-state index contributed by atoms with van der Waals surface area (Å²) in [6, 6.07) is 8.89. The van der Waals surface area contributed by atoms with Crippen molar-refractivity contribution in [3.8, 4) is 5.75 Å². The van der Waals surface area contributed by atoms with E-state index >= 15 is 0 Å². The zero-order chi connectivity index (χ0) is 26.2. The highest BCUT2D eigenvalue weighted by atomic mass is 35.5. The molecule has 1 aromatic carbocycles. The molecule has 2 aromatic rings. The lowest BCUT2D eigenvalue weighted by Crippen LogP contribution is -2.54. The van der Waals surface area contributed by atoms with E-state index < -0.39 is 0 Å². The van der Waals surface area contributed by atoms with Crippen molar-refractivity contribution < 1.29 is 19.1 Å². The fourth-order valence-corrected chi connectivity index (χ4v) is 5.27. The van der Waals surface area contributed by atoms with Crippen LogP contribution in [-0.4, -0.2) is 110 Å². The summed E-state index contributed by atoms with van der Waals surface area (Å²) in [5.74, 6) is 1.46. The number of rotatable bonds is 9. The molecule has 4 rings (SSSR count). The third kappa shape index (κ3) is 7.70. The van der Waals surface area contributed by atoms with Crippen LogP contribution >= 0.6 is 23.4 Å². The number of carbonyl (C=O) groups excluding carboxylic acids is 2. The minimum atomic E-state index is -0.0679. The lowest BCUT2D eigenvalue weighted by molar-refractivity contribution is -0.118. The van der Waals surface area contributed by atoms with Crippen LogP contribution < -0.4 is 15.0 Å². The Labute approximate surface area is 226 Å². The van der Waals surface area contributed by atoms with Gasteiger partial charge in [-0.05, 0) is 25.1 Å². The van der Waals surface area contributed by atoms with Gasteiger partial charge >= 0.3 is 0 Å². The summed E-state index contributed by atoms with van der Waals surface area (Å²) < 4.78 is 10.6. The number of thioether (sulfide) groups is 1. The molecule has 37 heavy (non-hydrogen) atoms. The summed E-state index contributed by atoms with van der Waals surface area (Å²) >= 11 is 7.55. The third-order valence-electron chi connectivity index (χ3n) is 6.38. The summed E-state index contributed by atoms with van der Waals surface area (Å²) in [5, 5.41) is 3.72. The van der Waals surface area contributed by atoms with Gasteiger partial charge in [-0.3, -0.25) is 14.5 Å². The van der Waals surface area contributed by atoms with Crippen molar-refractivity contribution in [3.05, 3.63) is 41.0 Å². The fourth-order valence-electron chi connectivity index (χ4n) is 4.36. The largest absolute Gasteiger partial charge is 0.497 e. The average molecular weight is 549 g/mol. The normalized spacial score (nSPS) is 18.5. The molecule has 3 heterocycles. The van der Waals surface area contributed by atoms with Crippen LogP contribution in [0, 0.1) is 0 Å². The number of aromatic nitrogens is 2. The number of halogens is 1. The van der Waals surface area contributed by atoms with Crippen LogP contribution in [0.1, 0.15) is 17.3 Å². The van der Waals surface area contributed by atoms with Gasteiger partial charge in [0.05, 0.1) is 26.1 Å². The molecule has 1 atom stereocenters. The maximum absolute atomic E-state index is 13.1. The van der Waals surface area contributed by atoms with E-state index in [0.29, 0.717) is 53.6 Å². The predicted octanol–water partition coefficient (Wildman–Crippen LogP) is 2.03. The highest BCUT2D eigenvalue weighted by molar-refractivity contribution is 7.99. The van der Waals surface area contributed by atoms with E-state index in [0.717, 1.165) is 32.8 Å². The molecule has 2 saturated heterocycles. The number of hydrogen-bond donors (Lipinski definition) is 1. The number of amides is 2. The lowest BCUT2D eigenvalue weighted by atomic mass is 10.1. The van der Waals surface area contributed by atoms with Crippen LogP contribution in [0.2, 0.25) is 5.15 Å². The number of ether oxygens (including phenoxy) is 2. The van der Waals surface area contributed by atoms with E-state index in [-0.39, 0.29) is 23.6 Å². The molecule has 0 spiro atoms. The van der Waals surface area contributed by atoms with Crippen molar-refractivity contribution in [1.82, 2.24) is 25.1 Å². The van der Waals surface area contributed by atoms with Gasteiger partial charge in [0.2, 0.25) is 5.91 Å². The van der Waals surface area contributed by atoms with Gasteiger partial charge in [-0.1, -0.05) is 29.4 Å². The van der Waals surface area contributed by atoms with Gasteiger partial charge < -0.3 is 24.6 Å². The maximum Gasteiger partial charge on any atom is 0.254 e. The number of piperazine rings is 1. The predicted molar refractivity (Wildman–Crippen MR) is 144 cm³/mol. The zero-order valence-electron chi connectivity index (χ0n) is 21.2. The number of hydrogen-bond acceptors (Lipinski definition) is 9. The van der Waals surface area contributed by atoms with Crippen molar-refractivity contribution in [2.24, 2.45) is 0 Å². The summed E-state index contributed by atoms with van der Waals surface area (Å²) in [4.78, 5) is 40.6. The minimum Gasteiger partial charge on any atom is -0.497 e. The molecule has 2 aliphatic rings. The summed E-state index contributed by atoms with van der Waals surface area (Å²) in [6.45, 7) is 8.46. The van der Waals surface area contributed by atoms with Gasteiger partial charge in [0.15, 0.2) is 5.16 Å². The van der Waals surface area contributed by atoms with E-state index in [1.807, 2.05) is 24.0 Å².